The monoisotopic (exact) mass is 334 g/mol. The quantitative estimate of drug-likeness (QED) is 0.789. The first-order chi connectivity index (χ1) is 9.72. The molecule has 1 aromatic carbocycles. The molecule has 4 nitrogen and oxygen atoms in total. The summed E-state index contributed by atoms with van der Waals surface area (Å²) < 4.78 is 7.19. The highest BCUT2D eigenvalue weighted by Gasteiger charge is 2.07. The molecule has 104 valence electrons. The molecule has 2 rings (SSSR count). The molecule has 0 spiro atoms. The van der Waals surface area contributed by atoms with Crippen LogP contribution in [-0.4, -0.2) is 9.78 Å². The van der Waals surface area contributed by atoms with Crippen molar-refractivity contribution in [2.45, 2.75) is 19.9 Å². The number of halogens is 1. The number of benzene rings is 1. The highest BCUT2D eigenvalue weighted by atomic mass is 79.9. The SMILES string of the molecule is CCn1ncc(OC=CCc2ccccc2)c(Br)c1=O. The van der Waals surface area contributed by atoms with E-state index in [9.17, 15) is 4.79 Å². The van der Waals surface area contributed by atoms with E-state index in [4.69, 9.17) is 4.74 Å². The Balaban J connectivity index is 2.01. The molecule has 0 aliphatic heterocycles. The molecule has 0 aliphatic rings. The van der Waals surface area contributed by atoms with Crippen LogP contribution in [0.2, 0.25) is 0 Å². The number of ether oxygens (including phenoxy) is 1. The average Bonchev–Trinajstić information content (AvgIpc) is 2.49. The second-order valence-electron chi connectivity index (χ2n) is 4.12. The van der Waals surface area contributed by atoms with E-state index in [-0.39, 0.29) is 5.56 Å². The number of allylic oxidation sites excluding steroid dienone is 1. The Morgan fingerprint density at radius 2 is 2.10 bits per heavy atom. The molecule has 0 bridgehead atoms. The summed E-state index contributed by atoms with van der Waals surface area (Å²) in [4.78, 5) is 11.8. The maximum atomic E-state index is 11.8. The lowest BCUT2D eigenvalue weighted by Gasteiger charge is -2.05. The van der Waals surface area contributed by atoms with Crippen molar-refractivity contribution in [1.82, 2.24) is 9.78 Å². The second kappa shape index (κ2) is 7.05. The fourth-order valence-corrected chi connectivity index (χ4v) is 2.08. The van der Waals surface area contributed by atoms with Gasteiger partial charge in [-0.25, -0.2) is 4.68 Å². The molecule has 0 amide bonds. The highest BCUT2D eigenvalue weighted by Crippen LogP contribution is 2.19. The van der Waals surface area contributed by atoms with Crippen LogP contribution in [-0.2, 0) is 13.0 Å². The third-order valence-corrected chi connectivity index (χ3v) is 3.47. The van der Waals surface area contributed by atoms with Crippen LogP contribution in [0.25, 0.3) is 0 Å². The number of aryl methyl sites for hydroxylation is 1. The van der Waals surface area contributed by atoms with Crippen molar-refractivity contribution < 1.29 is 4.74 Å². The standard InChI is InChI=1S/C15H15BrN2O2/c1-2-18-15(19)14(16)13(11-17-18)20-10-6-9-12-7-4-3-5-8-12/h3-8,10-11H,2,9H2,1H3. The van der Waals surface area contributed by atoms with Crippen molar-refractivity contribution in [3.05, 3.63) is 69.3 Å². The van der Waals surface area contributed by atoms with Gasteiger partial charge in [0.05, 0.1) is 12.5 Å². The predicted molar refractivity (Wildman–Crippen MR) is 81.8 cm³/mol. The smallest absolute Gasteiger partial charge is 0.284 e. The van der Waals surface area contributed by atoms with E-state index in [2.05, 4.69) is 21.0 Å². The normalized spacial score (nSPS) is 10.9. The van der Waals surface area contributed by atoms with E-state index in [0.717, 1.165) is 6.42 Å². The van der Waals surface area contributed by atoms with Crippen LogP contribution in [0.1, 0.15) is 12.5 Å². The molecule has 0 aliphatic carbocycles. The van der Waals surface area contributed by atoms with Gasteiger partial charge in [0.2, 0.25) is 0 Å². The molecule has 0 radical (unpaired) electrons. The van der Waals surface area contributed by atoms with Gasteiger partial charge in [-0.1, -0.05) is 30.3 Å². The molecule has 0 saturated heterocycles. The van der Waals surface area contributed by atoms with E-state index in [1.165, 1.54) is 16.4 Å². The molecule has 0 unspecified atom stereocenters. The maximum absolute atomic E-state index is 11.8. The minimum atomic E-state index is -0.193. The number of hydrogen-bond donors (Lipinski definition) is 0. The summed E-state index contributed by atoms with van der Waals surface area (Å²) in [5, 5.41) is 4.01. The Kier molecular flexibility index (Phi) is 5.12. The van der Waals surface area contributed by atoms with Gasteiger partial charge in [-0.2, -0.15) is 5.10 Å². The van der Waals surface area contributed by atoms with Crippen LogP contribution in [0.15, 0.2) is 58.1 Å². The minimum Gasteiger partial charge on any atom is -0.462 e. The van der Waals surface area contributed by atoms with Gasteiger partial charge in [-0.3, -0.25) is 4.79 Å². The summed E-state index contributed by atoms with van der Waals surface area (Å²) in [6.45, 7) is 2.39. The summed E-state index contributed by atoms with van der Waals surface area (Å²) in [6, 6.07) is 10.1. The topological polar surface area (TPSA) is 44.1 Å². The van der Waals surface area contributed by atoms with Crippen LogP contribution in [0.3, 0.4) is 0 Å². The first-order valence-electron chi connectivity index (χ1n) is 6.33. The van der Waals surface area contributed by atoms with E-state index in [1.54, 1.807) is 6.26 Å². The zero-order chi connectivity index (χ0) is 14.4. The third-order valence-electron chi connectivity index (χ3n) is 2.74. The predicted octanol–water partition coefficient (Wildman–Crippen LogP) is 3.16. The van der Waals surface area contributed by atoms with Crippen molar-refractivity contribution in [2.24, 2.45) is 0 Å². The van der Waals surface area contributed by atoms with Crippen LogP contribution in [0, 0.1) is 0 Å². The van der Waals surface area contributed by atoms with Crippen molar-refractivity contribution in [3.8, 4) is 5.75 Å². The Morgan fingerprint density at radius 3 is 2.80 bits per heavy atom. The maximum Gasteiger partial charge on any atom is 0.284 e. The Hall–Kier alpha value is -1.88. The lowest BCUT2D eigenvalue weighted by Crippen LogP contribution is -2.22. The largest absolute Gasteiger partial charge is 0.462 e. The summed E-state index contributed by atoms with van der Waals surface area (Å²) in [5.41, 5.74) is 1.01. The molecule has 0 saturated carbocycles. The second-order valence-corrected chi connectivity index (χ2v) is 4.92. The fraction of sp³-hybridized carbons (Fsp3) is 0.200. The summed E-state index contributed by atoms with van der Waals surface area (Å²) in [5.74, 6) is 0.420. The van der Waals surface area contributed by atoms with E-state index in [1.807, 2.05) is 43.3 Å². The lowest BCUT2D eigenvalue weighted by atomic mass is 10.2. The molecule has 1 aromatic heterocycles. The zero-order valence-electron chi connectivity index (χ0n) is 11.1. The van der Waals surface area contributed by atoms with Gasteiger partial charge in [-0.15, -0.1) is 0 Å². The van der Waals surface area contributed by atoms with Crippen LogP contribution in [0.4, 0.5) is 0 Å². The van der Waals surface area contributed by atoms with Crippen LogP contribution >= 0.6 is 15.9 Å². The van der Waals surface area contributed by atoms with Crippen LogP contribution < -0.4 is 10.3 Å². The Morgan fingerprint density at radius 1 is 1.35 bits per heavy atom. The summed E-state index contributed by atoms with van der Waals surface area (Å²) in [6.07, 6.45) is 5.78. The van der Waals surface area contributed by atoms with Crippen molar-refractivity contribution in [2.75, 3.05) is 0 Å². The molecular formula is C15H15BrN2O2. The first kappa shape index (κ1) is 14.5. The molecule has 0 N–H and O–H groups in total. The lowest BCUT2D eigenvalue weighted by molar-refractivity contribution is 0.462. The minimum absolute atomic E-state index is 0.193. The Bertz CT molecular complexity index is 651. The van der Waals surface area contributed by atoms with Crippen molar-refractivity contribution >= 4 is 15.9 Å². The third kappa shape index (κ3) is 3.57. The van der Waals surface area contributed by atoms with Gasteiger partial charge in [0.25, 0.3) is 5.56 Å². The molecular weight excluding hydrogens is 320 g/mol. The van der Waals surface area contributed by atoms with Gasteiger partial charge >= 0.3 is 0 Å². The number of rotatable bonds is 5. The number of nitrogens with zero attached hydrogens (tertiary/aromatic N) is 2. The zero-order valence-corrected chi connectivity index (χ0v) is 12.7. The van der Waals surface area contributed by atoms with Gasteiger partial charge < -0.3 is 4.74 Å². The molecule has 20 heavy (non-hydrogen) atoms. The van der Waals surface area contributed by atoms with Gasteiger partial charge in [0.1, 0.15) is 4.47 Å². The van der Waals surface area contributed by atoms with E-state index >= 15 is 0 Å². The summed E-state index contributed by atoms with van der Waals surface area (Å²) in [7, 11) is 0. The molecule has 0 atom stereocenters. The molecule has 1 heterocycles. The van der Waals surface area contributed by atoms with Crippen LogP contribution in [0.5, 0.6) is 5.75 Å². The Labute approximate surface area is 125 Å². The highest BCUT2D eigenvalue weighted by molar-refractivity contribution is 9.10. The number of aromatic nitrogens is 2. The van der Waals surface area contributed by atoms with Crippen molar-refractivity contribution in [3.63, 3.8) is 0 Å². The van der Waals surface area contributed by atoms with Crippen molar-refractivity contribution in [1.29, 1.82) is 0 Å². The summed E-state index contributed by atoms with van der Waals surface area (Å²) >= 11 is 3.24. The average molecular weight is 335 g/mol. The molecule has 0 fully saturated rings. The van der Waals surface area contributed by atoms with Gasteiger partial charge in [-0.05, 0) is 40.9 Å². The van der Waals surface area contributed by atoms with Gasteiger partial charge in [0, 0.05) is 6.54 Å². The van der Waals surface area contributed by atoms with E-state index in [0.29, 0.717) is 16.8 Å². The first-order valence-corrected chi connectivity index (χ1v) is 7.13. The van der Waals surface area contributed by atoms with E-state index < -0.39 is 0 Å². The number of hydrogen-bond acceptors (Lipinski definition) is 3. The fourth-order valence-electron chi connectivity index (χ4n) is 1.68. The van der Waals surface area contributed by atoms with Gasteiger partial charge in [0.15, 0.2) is 5.75 Å². The molecule has 2 aromatic rings. The molecule has 5 heteroatoms.